The van der Waals surface area contributed by atoms with E-state index in [-0.39, 0.29) is 5.95 Å². The second-order valence-corrected chi connectivity index (χ2v) is 4.46. The molecule has 0 aliphatic rings. The zero-order valence-electron chi connectivity index (χ0n) is 10.1. The molecule has 0 bridgehead atoms. The first-order valence-electron chi connectivity index (χ1n) is 5.17. The van der Waals surface area contributed by atoms with Crippen molar-refractivity contribution in [1.82, 2.24) is 9.97 Å². The van der Waals surface area contributed by atoms with Crippen molar-refractivity contribution in [3.63, 3.8) is 0 Å². The molecule has 0 aliphatic carbocycles. The summed E-state index contributed by atoms with van der Waals surface area (Å²) in [5.74, 6) is -0.326. The third-order valence-electron chi connectivity index (χ3n) is 2.36. The van der Waals surface area contributed by atoms with E-state index >= 15 is 0 Å². The van der Waals surface area contributed by atoms with Gasteiger partial charge in [-0.25, -0.2) is 14.6 Å². The Morgan fingerprint density at radius 2 is 2.05 bits per heavy atom. The lowest BCUT2D eigenvalue weighted by molar-refractivity contribution is 0.0602. The number of benzene rings is 1. The van der Waals surface area contributed by atoms with Crippen LogP contribution >= 0.6 is 15.9 Å². The van der Waals surface area contributed by atoms with Crippen LogP contribution in [0.2, 0.25) is 0 Å². The van der Waals surface area contributed by atoms with Crippen molar-refractivity contribution in [2.45, 2.75) is 0 Å². The summed E-state index contributed by atoms with van der Waals surface area (Å²) in [7, 11) is 2.53. The maximum atomic E-state index is 11.7. The maximum Gasteiger partial charge on any atom is 0.413 e. The van der Waals surface area contributed by atoms with Crippen LogP contribution < -0.4 is 5.32 Å². The Bertz CT molecular complexity index is 653. The number of halogens is 1. The number of carbonyl (C=O) groups is 2. The summed E-state index contributed by atoms with van der Waals surface area (Å²) in [6.07, 6.45) is -0.655. The zero-order chi connectivity index (χ0) is 14.0. The van der Waals surface area contributed by atoms with E-state index < -0.39 is 12.1 Å². The molecule has 1 amide bonds. The summed E-state index contributed by atoms with van der Waals surface area (Å²) >= 11 is 3.29. The van der Waals surface area contributed by atoms with E-state index in [0.29, 0.717) is 21.1 Å². The number of hydrogen-bond acceptors (Lipinski definition) is 5. The van der Waals surface area contributed by atoms with Gasteiger partial charge in [0.2, 0.25) is 5.95 Å². The summed E-state index contributed by atoms with van der Waals surface area (Å²) in [4.78, 5) is 29.7. The quantitative estimate of drug-likeness (QED) is 0.825. The molecular formula is C11H10BrN3O4. The van der Waals surface area contributed by atoms with Crippen LogP contribution in [0.4, 0.5) is 10.7 Å². The Morgan fingerprint density at radius 3 is 2.68 bits per heavy atom. The molecule has 2 N–H and O–H groups in total. The molecule has 0 saturated heterocycles. The van der Waals surface area contributed by atoms with Crippen molar-refractivity contribution >= 4 is 45.0 Å². The summed E-state index contributed by atoms with van der Waals surface area (Å²) in [6, 6.07) is 3.33. The molecule has 19 heavy (non-hydrogen) atoms. The van der Waals surface area contributed by atoms with Gasteiger partial charge in [-0.2, -0.15) is 0 Å². The largest absolute Gasteiger partial charge is 0.465 e. The fourth-order valence-electron chi connectivity index (χ4n) is 1.55. The first-order chi connectivity index (χ1) is 9.05. The van der Waals surface area contributed by atoms with E-state index in [1.807, 2.05) is 0 Å². The van der Waals surface area contributed by atoms with Gasteiger partial charge < -0.3 is 14.5 Å². The second-order valence-electron chi connectivity index (χ2n) is 3.54. The molecule has 1 aromatic heterocycles. The maximum absolute atomic E-state index is 11.7. The van der Waals surface area contributed by atoms with Crippen LogP contribution in [0.25, 0.3) is 11.0 Å². The molecule has 1 heterocycles. The van der Waals surface area contributed by atoms with Gasteiger partial charge in [0.05, 0.1) is 25.3 Å². The minimum atomic E-state index is -0.655. The van der Waals surface area contributed by atoms with Crippen LogP contribution in [0.5, 0.6) is 0 Å². The van der Waals surface area contributed by atoms with Crippen molar-refractivity contribution in [3.05, 3.63) is 22.2 Å². The molecule has 8 heteroatoms. The van der Waals surface area contributed by atoms with E-state index in [1.165, 1.54) is 14.2 Å². The summed E-state index contributed by atoms with van der Waals surface area (Å²) in [5.41, 5.74) is 1.28. The highest BCUT2D eigenvalue weighted by molar-refractivity contribution is 9.10. The molecule has 100 valence electrons. The number of nitrogens with one attached hydrogen (secondary N) is 2. The second kappa shape index (κ2) is 5.27. The molecule has 0 unspecified atom stereocenters. The number of aromatic amines is 1. The van der Waals surface area contributed by atoms with Crippen molar-refractivity contribution < 1.29 is 19.1 Å². The SMILES string of the molecule is COC(=O)Nc1nc2c(C(=O)OC)cc(Br)cc2[nH]1. The van der Waals surface area contributed by atoms with Crippen LogP contribution in [0.1, 0.15) is 10.4 Å². The van der Waals surface area contributed by atoms with E-state index in [4.69, 9.17) is 0 Å². The van der Waals surface area contributed by atoms with Gasteiger partial charge in [0.15, 0.2) is 0 Å². The molecule has 7 nitrogen and oxygen atoms in total. The minimum Gasteiger partial charge on any atom is -0.465 e. The average Bonchev–Trinajstić information content (AvgIpc) is 2.78. The third kappa shape index (κ3) is 2.68. The molecule has 2 rings (SSSR count). The number of methoxy groups -OCH3 is 2. The van der Waals surface area contributed by atoms with Crippen molar-refractivity contribution in [2.75, 3.05) is 19.5 Å². The monoisotopic (exact) mass is 327 g/mol. The predicted octanol–water partition coefficient (Wildman–Crippen LogP) is 2.29. The predicted molar refractivity (Wildman–Crippen MR) is 71.2 cm³/mol. The smallest absolute Gasteiger partial charge is 0.413 e. The summed E-state index contributed by atoms with van der Waals surface area (Å²) < 4.78 is 9.84. The first kappa shape index (κ1) is 13.3. The molecule has 0 saturated carbocycles. The average molecular weight is 328 g/mol. The molecule has 0 atom stereocenters. The number of anilines is 1. The summed E-state index contributed by atoms with van der Waals surface area (Å²) in [6.45, 7) is 0. The van der Waals surface area contributed by atoms with Crippen molar-refractivity contribution in [2.24, 2.45) is 0 Å². The van der Waals surface area contributed by atoms with Gasteiger partial charge >= 0.3 is 12.1 Å². The van der Waals surface area contributed by atoms with Crippen LogP contribution in [-0.2, 0) is 9.47 Å². The fraction of sp³-hybridized carbons (Fsp3) is 0.182. The van der Waals surface area contributed by atoms with Crippen LogP contribution in [0, 0.1) is 0 Å². The Kier molecular flexibility index (Phi) is 3.70. The number of amides is 1. The number of fused-ring (bicyclic) bond motifs is 1. The number of aromatic nitrogens is 2. The van der Waals surface area contributed by atoms with E-state index in [9.17, 15) is 9.59 Å². The Hall–Kier alpha value is -2.09. The highest BCUT2D eigenvalue weighted by Crippen LogP contribution is 2.24. The van der Waals surface area contributed by atoms with Gasteiger partial charge in [-0.3, -0.25) is 5.32 Å². The van der Waals surface area contributed by atoms with E-state index in [1.54, 1.807) is 12.1 Å². The number of H-pyrrole nitrogens is 1. The molecule has 2 aromatic rings. The molecule has 0 spiro atoms. The number of hydrogen-bond donors (Lipinski definition) is 2. The van der Waals surface area contributed by atoms with Gasteiger partial charge in [-0.15, -0.1) is 0 Å². The van der Waals surface area contributed by atoms with Gasteiger partial charge in [-0.05, 0) is 12.1 Å². The fourth-order valence-corrected chi connectivity index (χ4v) is 2.01. The number of ether oxygens (including phenoxy) is 2. The topological polar surface area (TPSA) is 93.3 Å². The lowest BCUT2D eigenvalue weighted by atomic mass is 10.2. The van der Waals surface area contributed by atoms with Crippen LogP contribution in [0.15, 0.2) is 16.6 Å². The standard InChI is InChI=1S/C11H10BrN3O4/c1-18-9(16)6-3-5(12)4-7-8(6)14-10(13-7)15-11(17)19-2/h3-4H,1-2H3,(H2,13,14,15,17). The summed E-state index contributed by atoms with van der Waals surface area (Å²) in [5, 5.41) is 2.39. The number of rotatable bonds is 2. The van der Waals surface area contributed by atoms with Crippen LogP contribution in [-0.4, -0.2) is 36.3 Å². The third-order valence-corrected chi connectivity index (χ3v) is 2.82. The van der Waals surface area contributed by atoms with Gasteiger partial charge in [0, 0.05) is 4.47 Å². The molecule has 1 aromatic carbocycles. The van der Waals surface area contributed by atoms with Gasteiger partial charge in [0.1, 0.15) is 5.52 Å². The highest BCUT2D eigenvalue weighted by atomic mass is 79.9. The number of nitrogens with zero attached hydrogens (tertiary/aromatic N) is 1. The normalized spacial score (nSPS) is 10.3. The van der Waals surface area contributed by atoms with Gasteiger partial charge in [-0.1, -0.05) is 15.9 Å². The van der Waals surface area contributed by atoms with E-state index in [0.717, 1.165) is 0 Å². The number of carbonyl (C=O) groups excluding carboxylic acids is 2. The highest BCUT2D eigenvalue weighted by Gasteiger charge is 2.16. The minimum absolute atomic E-state index is 0.185. The lowest BCUT2D eigenvalue weighted by Crippen LogP contribution is -2.11. The van der Waals surface area contributed by atoms with E-state index in [2.05, 4.69) is 40.7 Å². The Labute approximate surface area is 116 Å². The molecule has 0 aliphatic heterocycles. The van der Waals surface area contributed by atoms with Crippen molar-refractivity contribution in [3.8, 4) is 0 Å². The molecular weight excluding hydrogens is 318 g/mol. The van der Waals surface area contributed by atoms with Crippen LogP contribution in [0.3, 0.4) is 0 Å². The molecule has 0 radical (unpaired) electrons. The zero-order valence-corrected chi connectivity index (χ0v) is 11.7. The Morgan fingerprint density at radius 1 is 1.32 bits per heavy atom. The lowest BCUT2D eigenvalue weighted by Gasteiger charge is -2.00. The molecule has 0 fully saturated rings. The van der Waals surface area contributed by atoms with Crippen molar-refractivity contribution in [1.29, 1.82) is 0 Å². The number of imidazole rings is 1. The Balaban J connectivity index is 2.52. The van der Waals surface area contributed by atoms with Gasteiger partial charge in [0.25, 0.3) is 0 Å². The number of esters is 1. The first-order valence-corrected chi connectivity index (χ1v) is 5.97.